The maximum Gasteiger partial charge on any atom is 0.246 e. The Morgan fingerprint density at radius 2 is 2.19 bits per heavy atom. The summed E-state index contributed by atoms with van der Waals surface area (Å²) in [5.41, 5.74) is 2.38. The zero-order chi connectivity index (χ0) is 15.0. The molecule has 2 amide bonds. The van der Waals surface area contributed by atoms with Crippen LogP contribution < -0.4 is 20.9 Å². The molecule has 2 heterocycles. The largest absolute Gasteiger partial charge is 0.361 e. The van der Waals surface area contributed by atoms with E-state index in [1.54, 1.807) is 13.1 Å². The van der Waals surface area contributed by atoms with Crippen molar-refractivity contribution in [2.45, 2.75) is 12.5 Å². The third kappa shape index (κ3) is 2.56. The van der Waals surface area contributed by atoms with Crippen LogP contribution >= 0.6 is 11.6 Å². The molecule has 0 bridgehead atoms. The van der Waals surface area contributed by atoms with E-state index in [1.165, 1.54) is 0 Å². The van der Waals surface area contributed by atoms with Gasteiger partial charge in [-0.15, -0.1) is 0 Å². The summed E-state index contributed by atoms with van der Waals surface area (Å²) in [5, 5.41) is 9.20. The first kappa shape index (κ1) is 14.2. The topological polar surface area (TPSA) is 73.5 Å². The summed E-state index contributed by atoms with van der Waals surface area (Å²) >= 11 is 6.37. The van der Waals surface area contributed by atoms with E-state index in [0.717, 1.165) is 29.9 Å². The van der Waals surface area contributed by atoms with Crippen LogP contribution in [-0.2, 0) is 9.59 Å². The minimum Gasteiger partial charge on any atom is -0.361 e. The molecule has 1 unspecified atom stereocenters. The quantitative estimate of drug-likeness (QED) is 0.758. The zero-order valence-corrected chi connectivity index (χ0v) is 12.5. The van der Waals surface area contributed by atoms with Gasteiger partial charge in [0.2, 0.25) is 11.8 Å². The van der Waals surface area contributed by atoms with Gasteiger partial charge in [-0.25, -0.2) is 0 Å². The average molecular weight is 309 g/mol. The molecule has 0 radical (unpaired) electrons. The second-order valence-corrected chi connectivity index (χ2v) is 5.63. The van der Waals surface area contributed by atoms with Gasteiger partial charge < -0.3 is 20.9 Å². The van der Waals surface area contributed by atoms with Gasteiger partial charge in [0.05, 0.1) is 17.3 Å². The number of nitrogens with zero attached hydrogens (tertiary/aromatic N) is 1. The van der Waals surface area contributed by atoms with Crippen LogP contribution in [0.1, 0.15) is 18.0 Å². The monoisotopic (exact) mass is 308 g/mol. The first-order chi connectivity index (χ1) is 10.1. The number of nitrogens with one attached hydrogen (secondary N) is 3. The molecular weight excluding hydrogens is 292 g/mol. The van der Waals surface area contributed by atoms with E-state index in [2.05, 4.69) is 16.0 Å². The fourth-order valence-corrected chi connectivity index (χ4v) is 3.10. The number of fused-ring (bicyclic) bond motifs is 1. The predicted molar refractivity (Wildman–Crippen MR) is 81.7 cm³/mol. The van der Waals surface area contributed by atoms with E-state index in [-0.39, 0.29) is 24.4 Å². The number of carbonyl (C=O) groups is 2. The van der Waals surface area contributed by atoms with Crippen molar-refractivity contribution in [1.82, 2.24) is 10.6 Å². The predicted octanol–water partition coefficient (Wildman–Crippen LogP) is 0.879. The highest BCUT2D eigenvalue weighted by Crippen LogP contribution is 2.38. The minimum atomic E-state index is -0.376. The Bertz CT molecular complexity index is 605. The number of amides is 2. The minimum absolute atomic E-state index is 0.0128. The first-order valence-corrected chi connectivity index (χ1v) is 7.31. The molecule has 1 aromatic rings. The smallest absolute Gasteiger partial charge is 0.246 e. The first-order valence-electron chi connectivity index (χ1n) is 6.93. The van der Waals surface area contributed by atoms with Crippen molar-refractivity contribution < 1.29 is 9.59 Å². The lowest BCUT2D eigenvalue weighted by Gasteiger charge is -2.23. The molecule has 3 N–H and O–H groups in total. The molecule has 112 valence electrons. The molecule has 0 aromatic heterocycles. The number of carbonyl (C=O) groups excluding carboxylic acids is 2. The third-order valence-electron chi connectivity index (χ3n) is 3.84. The fraction of sp³-hybridized carbons (Fsp3) is 0.429. The maximum atomic E-state index is 11.9. The van der Waals surface area contributed by atoms with E-state index >= 15 is 0 Å². The van der Waals surface area contributed by atoms with Gasteiger partial charge >= 0.3 is 0 Å². The van der Waals surface area contributed by atoms with E-state index in [9.17, 15) is 9.59 Å². The highest BCUT2D eigenvalue weighted by atomic mass is 35.5. The van der Waals surface area contributed by atoms with Crippen molar-refractivity contribution in [2.24, 2.45) is 0 Å². The molecule has 1 aromatic carbocycles. The Labute approximate surface area is 127 Å². The molecule has 21 heavy (non-hydrogen) atoms. The van der Waals surface area contributed by atoms with Crippen molar-refractivity contribution in [3.05, 3.63) is 22.7 Å². The van der Waals surface area contributed by atoms with Crippen molar-refractivity contribution >= 4 is 34.8 Å². The molecule has 1 atom stereocenters. The summed E-state index contributed by atoms with van der Waals surface area (Å²) in [6.45, 7) is 1.71. The van der Waals surface area contributed by atoms with Gasteiger partial charge in [-0.1, -0.05) is 11.6 Å². The van der Waals surface area contributed by atoms with Crippen LogP contribution in [0.3, 0.4) is 0 Å². The summed E-state index contributed by atoms with van der Waals surface area (Å²) in [4.78, 5) is 25.5. The Morgan fingerprint density at radius 1 is 1.38 bits per heavy atom. The van der Waals surface area contributed by atoms with Gasteiger partial charge in [0.15, 0.2) is 0 Å². The molecule has 0 spiro atoms. The summed E-state index contributed by atoms with van der Waals surface area (Å²) in [6, 6.07) is 3.28. The second kappa shape index (κ2) is 5.54. The molecule has 0 saturated carbocycles. The Kier molecular flexibility index (Phi) is 3.73. The van der Waals surface area contributed by atoms with Crippen molar-refractivity contribution in [3.8, 4) is 0 Å². The van der Waals surface area contributed by atoms with Gasteiger partial charge in [0.1, 0.15) is 6.04 Å². The molecule has 0 aliphatic carbocycles. The zero-order valence-electron chi connectivity index (χ0n) is 11.7. The molecule has 7 heteroatoms. The molecule has 6 nitrogen and oxygen atoms in total. The number of likely N-dealkylation sites (N-methyl/N-ethyl adjacent to an activating group) is 1. The van der Waals surface area contributed by atoms with E-state index in [4.69, 9.17) is 11.6 Å². The maximum absolute atomic E-state index is 11.9. The van der Waals surface area contributed by atoms with Crippen molar-refractivity contribution in [3.63, 3.8) is 0 Å². The SMILES string of the molecule is CNC1C(=O)Nc2cc(N3CCCNC(=O)C3)c(Cl)cc21. The normalized spacial score (nSPS) is 21.6. The summed E-state index contributed by atoms with van der Waals surface area (Å²) in [5.74, 6) is -0.101. The van der Waals surface area contributed by atoms with Crippen LogP contribution in [0.5, 0.6) is 0 Å². The highest BCUT2D eigenvalue weighted by molar-refractivity contribution is 6.33. The number of hydrogen-bond donors (Lipinski definition) is 3. The molecule has 3 rings (SSSR count). The second-order valence-electron chi connectivity index (χ2n) is 5.23. The standard InChI is InChI=1S/C14H17ClN4O2/c1-16-13-8-5-9(15)11(6-10(8)18-14(13)21)19-4-2-3-17-12(20)7-19/h5-6,13,16H,2-4,7H2,1H3,(H,17,20)(H,18,21). The summed E-state index contributed by atoms with van der Waals surface area (Å²) in [6.07, 6.45) is 0.866. The van der Waals surface area contributed by atoms with Crippen LogP contribution in [0.15, 0.2) is 12.1 Å². The van der Waals surface area contributed by atoms with Crippen LogP contribution in [0.25, 0.3) is 0 Å². The summed E-state index contributed by atoms with van der Waals surface area (Å²) < 4.78 is 0. The van der Waals surface area contributed by atoms with Crippen LogP contribution in [0, 0.1) is 0 Å². The molecular formula is C14H17ClN4O2. The Balaban J connectivity index is 1.96. The Morgan fingerprint density at radius 3 is 2.95 bits per heavy atom. The third-order valence-corrected chi connectivity index (χ3v) is 4.14. The molecule has 1 saturated heterocycles. The molecule has 1 fully saturated rings. The lowest BCUT2D eigenvalue weighted by molar-refractivity contribution is -0.119. The van der Waals surface area contributed by atoms with E-state index in [1.807, 2.05) is 11.0 Å². The average Bonchev–Trinajstić information content (AvgIpc) is 2.60. The molecule has 2 aliphatic heterocycles. The number of benzene rings is 1. The number of anilines is 2. The van der Waals surface area contributed by atoms with Gasteiger partial charge in [0, 0.05) is 24.3 Å². The van der Waals surface area contributed by atoms with E-state index in [0.29, 0.717) is 11.6 Å². The number of hydrogen-bond acceptors (Lipinski definition) is 4. The van der Waals surface area contributed by atoms with Gasteiger partial charge in [-0.05, 0) is 25.6 Å². The number of halogens is 1. The van der Waals surface area contributed by atoms with Crippen molar-refractivity contribution in [2.75, 3.05) is 36.9 Å². The van der Waals surface area contributed by atoms with E-state index < -0.39 is 0 Å². The highest BCUT2D eigenvalue weighted by Gasteiger charge is 2.31. The van der Waals surface area contributed by atoms with Gasteiger partial charge in [-0.3, -0.25) is 9.59 Å². The number of rotatable bonds is 2. The van der Waals surface area contributed by atoms with Gasteiger partial charge in [0.25, 0.3) is 0 Å². The lowest BCUT2D eigenvalue weighted by atomic mass is 10.1. The Hall–Kier alpha value is -1.79. The lowest BCUT2D eigenvalue weighted by Crippen LogP contribution is -2.33. The van der Waals surface area contributed by atoms with Gasteiger partial charge in [-0.2, -0.15) is 0 Å². The van der Waals surface area contributed by atoms with Crippen LogP contribution in [-0.4, -0.2) is 38.5 Å². The van der Waals surface area contributed by atoms with Crippen molar-refractivity contribution in [1.29, 1.82) is 0 Å². The summed E-state index contributed by atoms with van der Waals surface area (Å²) in [7, 11) is 1.74. The fourth-order valence-electron chi connectivity index (χ4n) is 2.81. The van der Waals surface area contributed by atoms with Crippen LogP contribution in [0.2, 0.25) is 5.02 Å². The molecule has 2 aliphatic rings. The van der Waals surface area contributed by atoms with Crippen LogP contribution in [0.4, 0.5) is 11.4 Å².